The van der Waals surface area contributed by atoms with Gasteiger partial charge in [-0.25, -0.2) is 5.43 Å². The highest BCUT2D eigenvalue weighted by Crippen LogP contribution is 2.32. The van der Waals surface area contributed by atoms with Crippen LogP contribution in [0.4, 0.5) is 0 Å². The van der Waals surface area contributed by atoms with Gasteiger partial charge >= 0.3 is 0 Å². The smallest absolute Gasteiger partial charge is 0.250 e. The summed E-state index contributed by atoms with van der Waals surface area (Å²) in [4.78, 5) is 12.2. The lowest BCUT2D eigenvalue weighted by molar-refractivity contribution is -0.118. The van der Waals surface area contributed by atoms with Gasteiger partial charge in [-0.05, 0) is 28.5 Å². The second kappa shape index (κ2) is 11.9. The average molecular weight is 511 g/mol. The number of nitrogens with one attached hydrogen (secondary N) is 1. The normalized spacial score (nSPS) is 11.1. The Bertz CT molecular complexity index is 1300. The fraction of sp³-hybridized carbons (Fsp3) is 0.167. The van der Waals surface area contributed by atoms with Crippen LogP contribution in [0.5, 0.6) is 11.5 Å². The molecule has 0 aliphatic rings. The Kier molecular flexibility index (Phi) is 8.40. The molecular weight excluding hydrogens is 488 g/mol. The molecule has 0 fully saturated rings. The lowest BCUT2D eigenvalue weighted by atomic mass is 10.1. The van der Waals surface area contributed by atoms with E-state index in [4.69, 9.17) is 9.47 Å². The SMILES string of the molecule is COc1cccc(/C=N/NC(=O)CSc2nnc(SCc3cccc4ccccc34)s2)c1OC. The van der Waals surface area contributed by atoms with E-state index in [0.29, 0.717) is 17.1 Å². The van der Waals surface area contributed by atoms with Crippen LogP contribution in [0.1, 0.15) is 11.1 Å². The van der Waals surface area contributed by atoms with E-state index >= 15 is 0 Å². The minimum atomic E-state index is -0.233. The van der Waals surface area contributed by atoms with Crippen molar-refractivity contribution in [3.8, 4) is 11.5 Å². The lowest BCUT2D eigenvalue weighted by Gasteiger charge is -2.09. The number of nitrogens with zero attached hydrogens (tertiary/aromatic N) is 3. The Hall–Kier alpha value is -3.08. The maximum atomic E-state index is 12.2. The van der Waals surface area contributed by atoms with Gasteiger partial charge in [-0.1, -0.05) is 83.4 Å². The number of para-hydroxylation sites is 1. The number of benzene rings is 3. The van der Waals surface area contributed by atoms with Gasteiger partial charge in [0.2, 0.25) is 0 Å². The molecule has 1 aromatic heterocycles. The molecule has 0 saturated heterocycles. The van der Waals surface area contributed by atoms with Crippen molar-refractivity contribution < 1.29 is 14.3 Å². The second-order valence-corrected chi connectivity index (χ2v) is 10.3. The van der Waals surface area contributed by atoms with Crippen molar-refractivity contribution in [3.63, 3.8) is 0 Å². The van der Waals surface area contributed by atoms with E-state index in [1.807, 2.05) is 18.2 Å². The average Bonchev–Trinajstić information content (AvgIpc) is 3.33. The second-order valence-electron chi connectivity index (χ2n) is 6.93. The number of hydrogen-bond donors (Lipinski definition) is 1. The van der Waals surface area contributed by atoms with Crippen LogP contribution in [-0.2, 0) is 10.5 Å². The van der Waals surface area contributed by atoms with Gasteiger partial charge in [-0.2, -0.15) is 5.10 Å². The molecule has 1 N–H and O–H groups in total. The van der Waals surface area contributed by atoms with Gasteiger partial charge in [0.25, 0.3) is 5.91 Å². The van der Waals surface area contributed by atoms with Crippen LogP contribution < -0.4 is 14.9 Å². The minimum Gasteiger partial charge on any atom is -0.493 e. The highest BCUT2D eigenvalue weighted by atomic mass is 32.2. The van der Waals surface area contributed by atoms with Crippen molar-refractivity contribution in [1.29, 1.82) is 0 Å². The molecule has 0 aliphatic heterocycles. The largest absolute Gasteiger partial charge is 0.493 e. The summed E-state index contributed by atoms with van der Waals surface area (Å²) in [7, 11) is 3.12. The standard InChI is InChI=1S/C24H22N4O3S3/c1-30-20-12-6-9-17(22(20)31-2)13-25-26-21(29)15-33-24-28-27-23(34-24)32-14-18-10-5-8-16-7-3-4-11-19(16)18/h3-13H,14-15H2,1-2H3,(H,26,29)/b25-13+. The van der Waals surface area contributed by atoms with Crippen LogP contribution in [0.3, 0.4) is 0 Å². The number of rotatable bonds is 10. The molecule has 174 valence electrons. The number of hydrogen-bond acceptors (Lipinski definition) is 9. The van der Waals surface area contributed by atoms with Crippen molar-refractivity contribution in [2.75, 3.05) is 20.0 Å². The first-order chi connectivity index (χ1) is 16.7. The summed E-state index contributed by atoms with van der Waals surface area (Å²) in [6.45, 7) is 0. The lowest BCUT2D eigenvalue weighted by Crippen LogP contribution is -2.19. The van der Waals surface area contributed by atoms with Crippen LogP contribution >= 0.6 is 34.9 Å². The first-order valence-corrected chi connectivity index (χ1v) is 13.1. The van der Waals surface area contributed by atoms with Crippen LogP contribution in [0, 0.1) is 0 Å². The minimum absolute atomic E-state index is 0.190. The van der Waals surface area contributed by atoms with Crippen LogP contribution in [0.25, 0.3) is 10.8 Å². The Labute approximate surface area is 210 Å². The number of methoxy groups -OCH3 is 2. The summed E-state index contributed by atoms with van der Waals surface area (Å²) in [6.07, 6.45) is 1.52. The molecule has 4 aromatic rings. The van der Waals surface area contributed by atoms with Crippen molar-refractivity contribution >= 4 is 57.8 Å². The quantitative estimate of drug-likeness (QED) is 0.177. The summed E-state index contributed by atoms with van der Waals surface area (Å²) in [5.41, 5.74) is 4.49. The van der Waals surface area contributed by atoms with Gasteiger partial charge < -0.3 is 9.47 Å². The Morgan fingerprint density at radius 1 is 1.00 bits per heavy atom. The Balaban J connectivity index is 1.27. The molecule has 0 bridgehead atoms. The number of carbonyl (C=O) groups excluding carboxylic acids is 1. The van der Waals surface area contributed by atoms with Crippen molar-refractivity contribution in [2.24, 2.45) is 5.10 Å². The zero-order valence-corrected chi connectivity index (χ0v) is 21.0. The molecule has 0 radical (unpaired) electrons. The summed E-state index contributed by atoms with van der Waals surface area (Å²) < 4.78 is 12.2. The predicted octanol–water partition coefficient (Wildman–Crippen LogP) is 5.24. The van der Waals surface area contributed by atoms with Crippen molar-refractivity contribution in [2.45, 2.75) is 14.4 Å². The van der Waals surface area contributed by atoms with Gasteiger partial charge in [0.15, 0.2) is 20.2 Å². The van der Waals surface area contributed by atoms with E-state index in [2.05, 4.69) is 57.1 Å². The molecule has 4 rings (SSSR count). The van der Waals surface area contributed by atoms with E-state index in [1.54, 1.807) is 32.0 Å². The van der Waals surface area contributed by atoms with Crippen LogP contribution in [0.2, 0.25) is 0 Å². The van der Waals surface area contributed by atoms with Gasteiger partial charge in [-0.15, -0.1) is 10.2 Å². The van der Waals surface area contributed by atoms with Gasteiger partial charge in [0, 0.05) is 11.3 Å². The molecule has 0 spiro atoms. The molecule has 1 amide bonds. The number of carbonyl (C=O) groups is 1. The molecule has 0 unspecified atom stereocenters. The summed E-state index contributed by atoms with van der Waals surface area (Å²) >= 11 is 4.47. The number of aromatic nitrogens is 2. The maximum Gasteiger partial charge on any atom is 0.250 e. The summed E-state index contributed by atoms with van der Waals surface area (Å²) in [5, 5.41) is 14.9. The maximum absolute atomic E-state index is 12.2. The summed E-state index contributed by atoms with van der Waals surface area (Å²) in [5.74, 6) is 1.92. The van der Waals surface area contributed by atoms with E-state index < -0.39 is 0 Å². The molecular formula is C24H22N4O3S3. The van der Waals surface area contributed by atoms with Gasteiger partial charge in [0.1, 0.15) is 0 Å². The number of amides is 1. The van der Waals surface area contributed by atoms with Crippen LogP contribution in [-0.4, -0.2) is 42.3 Å². The third-order valence-electron chi connectivity index (χ3n) is 4.77. The van der Waals surface area contributed by atoms with Crippen molar-refractivity contribution in [1.82, 2.24) is 15.6 Å². The first kappa shape index (κ1) is 24.1. The predicted molar refractivity (Wildman–Crippen MR) is 139 cm³/mol. The number of thioether (sulfide) groups is 2. The molecule has 1 heterocycles. The zero-order chi connectivity index (χ0) is 23.8. The van der Waals surface area contributed by atoms with E-state index in [0.717, 1.165) is 14.4 Å². The van der Waals surface area contributed by atoms with Gasteiger partial charge in [0.05, 0.1) is 26.2 Å². The van der Waals surface area contributed by atoms with Gasteiger partial charge in [-0.3, -0.25) is 4.79 Å². The zero-order valence-electron chi connectivity index (χ0n) is 18.6. The summed E-state index contributed by atoms with van der Waals surface area (Å²) in [6, 6.07) is 20.1. The number of ether oxygens (including phenoxy) is 2. The Morgan fingerprint density at radius 2 is 1.76 bits per heavy atom. The molecule has 10 heteroatoms. The molecule has 0 aliphatic carbocycles. The fourth-order valence-corrected chi connectivity index (χ4v) is 6.04. The molecule has 7 nitrogen and oxygen atoms in total. The Morgan fingerprint density at radius 3 is 2.59 bits per heavy atom. The number of fused-ring (bicyclic) bond motifs is 1. The third kappa shape index (κ3) is 6.07. The monoisotopic (exact) mass is 510 g/mol. The molecule has 3 aromatic carbocycles. The van der Waals surface area contributed by atoms with Crippen molar-refractivity contribution in [3.05, 3.63) is 71.8 Å². The molecule has 34 heavy (non-hydrogen) atoms. The highest BCUT2D eigenvalue weighted by Gasteiger charge is 2.10. The van der Waals surface area contributed by atoms with E-state index in [-0.39, 0.29) is 11.7 Å². The van der Waals surface area contributed by atoms with E-state index in [1.165, 1.54) is 45.6 Å². The number of hydrazone groups is 1. The fourth-order valence-electron chi connectivity index (χ4n) is 3.22. The van der Waals surface area contributed by atoms with Crippen LogP contribution in [0.15, 0.2) is 74.4 Å². The molecule has 0 saturated carbocycles. The van der Waals surface area contributed by atoms with E-state index in [9.17, 15) is 4.79 Å². The molecule has 0 atom stereocenters. The topological polar surface area (TPSA) is 85.7 Å². The highest BCUT2D eigenvalue weighted by molar-refractivity contribution is 8.03. The third-order valence-corrected chi connectivity index (χ3v) is 8.01. The first-order valence-electron chi connectivity index (χ1n) is 10.3.